The van der Waals surface area contributed by atoms with Crippen LogP contribution in [-0.4, -0.2) is 13.3 Å². The third-order valence-corrected chi connectivity index (χ3v) is 2.81. The van der Waals surface area contributed by atoms with Crippen LogP contribution in [0.5, 0.6) is 5.75 Å². The normalized spacial score (nSPS) is 13.7. The number of rotatable bonds is 2. The molecule has 16 heavy (non-hydrogen) atoms. The fraction of sp³-hybridized carbons (Fsp3) is 0.333. The Bertz CT molecular complexity index is 367. The van der Waals surface area contributed by atoms with Crippen molar-refractivity contribution in [3.05, 3.63) is 29.3 Å². The van der Waals surface area contributed by atoms with Crippen molar-refractivity contribution < 1.29 is 26.7 Å². The van der Waals surface area contributed by atoms with Crippen molar-refractivity contribution in [2.45, 2.75) is 11.0 Å². The number of methoxy groups -OCH3 is 1. The molecule has 1 nitrogen and oxygen atoms in total. The summed E-state index contributed by atoms with van der Waals surface area (Å²) in [5, 5.41) is 0. The quantitative estimate of drug-likeness (QED) is 0.593. The molecule has 1 atom stereocenters. The molecular weight excluding hydrogens is 299 g/mol. The Hall–Kier alpha value is -0.850. The predicted octanol–water partition coefficient (Wildman–Crippen LogP) is 3.97. The highest BCUT2D eigenvalue weighted by atomic mass is 79.9. The summed E-state index contributed by atoms with van der Waals surface area (Å²) in [5.41, 5.74) is -1.08. The summed E-state index contributed by atoms with van der Waals surface area (Å²) in [5.74, 6) is -2.80. The first-order chi connectivity index (χ1) is 7.27. The molecule has 0 amide bonds. The van der Waals surface area contributed by atoms with E-state index >= 15 is 0 Å². The van der Waals surface area contributed by atoms with Crippen LogP contribution >= 0.6 is 15.9 Å². The Kier molecular flexibility index (Phi) is 3.77. The van der Waals surface area contributed by atoms with E-state index in [0.717, 1.165) is 7.11 Å². The fourth-order valence-corrected chi connectivity index (χ4v) is 1.52. The van der Waals surface area contributed by atoms with Gasteiger partial charge in [-0.25, -0.2) is 8.78 Å². The third-order valence-electron chi connectivity index (χ3n) is 1.83. The van der Waals surface area contributed by atoms with Crippen molar-refractivity contribution in [2.75, 3.05) is 7.11 Å². The lowest BCUT2D eigenvalue weighted by Gasteiger charge is -2.16. The first-order valence-corrected chi connectivity index (χ1v) is 4.92. The van der Waals surface area contributed by atoms with Crippen LogP contribution in [0.1, 0.15) is 10.4 Å². The lowest BCUT2D eigenvalue weighted by Crippen LogP contribution is -2.18. The molecule has 0 bridgehead atoms. The van der Waals surface area contributed by atoms with Crippen molar-refractivity contribution >= 4 is 15.9 Å². The minimum absolute atomic E-state index is 0.180. The number of benzene rings is 1. The van der Waals surface area contributed by atoms with Crippen LogP contribution in [0.25, 0.3) is 0 Å². The molecule has 0 fully saturated rings. The van der Waals surface area contributed by atoms with Gasteiger partial charge in [0.2, 0.25) is 0 Å². The van der Waals surface area contributed by atoms with Crippen LogP contribution in [0.3, 0.4) is 0 Å². The summed E-state index contributed by atoms with van der Waals surface area (Å²) in [4.78, 5) is -2.38. The van der Waals surface area contributed by atoms with Crippen LogP contribution in [0.4, 0.5) is 22.0 Å². The molecule has 0 aliphatic carbocycles. The molecule has 0 heterocycles. The molecule has 0 spiro atoms. The van der Waals surface area contributed by atoms with E-state index in [4.69, 9.17) is 0 Å². The molecule has 0 aliphatic heterocycles. The summed E-state index contributed by atoms with van der Waals surface area (Å²) in [6.45, 7) is 0. The summed E-state index contributed by atoms with van der Waals surface area (Å²) >= 11 is 2.21. The number of halogens is 6. The molecule has 0 N–H and O–H groups in total. The van der Waals surface area contributed by atoms with E-state index in [2.05, 4.69) is 20.7 Å². The standard InChI is InChI=1S/C9H6BrF5O/c1-16-4-2-5(11)7(6(12)3-4)8(10)9(13,14)15/h2-3,8H,1H3. The Morgan fingerprint density at radius 1 is 1.19 bits per heavy atom. The molecule has 7 heteroatoms. The molecule has 0 aromatic heterocycles. The molecule has 1 unspecified atom stereocenters. The number of ether oxygens (including phenoxy) is 1. The second kappa shape index (κ2) is 4.57. The minimum Gasteiger partial charge on any atom is -0.497 e. The van der Waals surface area contributed by atoms with E-state index in [-0.39, 0.29) is 5.75 Å². The Balaban J connectivity index is 3.25. The average Bonchev–Trinajstić information content (AvgIpc) is 2.14. The summed E-state index contributed by atoms with van der Waals surface area (Å²) < 4.78 is 67.8. The first-order valence-electron chi connectivity index (χ1n) is 4.01. The monoisotopic (exact) mass is 304 g/mol. The van der Waals surface area contributed by atoms with Gasteiger partial charge in [-0.05, 0) is 0 Å². The van der Waals surface area contributed by atoms with Gasteiger partial charge in [0.25, 0.3) is 0 Å². The van der Waals surface area contributed by atoms with Gasteiger partial charge in [0.15, 0.2) is 0 Å². The maximum absolute atomic E-state index is 13.2. The van der Waals surface area contributed by atoms with Crippen LogP contribution in [0, 0.1) is 11.6 Å². The smallest absolute Gasteiger partial charge is 0.405 e. The molecular formula is C9H6BrF5O. The largest absolute Gasteiger partial charge is 0.497 e. The predicted molar refractivity (Wildman–Crippen MR) is 50.6 cm³/mol. The molecule has 0 aliphatic rings. The summed E-state index contributed by atoms with van der Waals surface area (Å²) in [6, 6.07) is 1.39. The van der Waals surface area contributed by atoms with Gasteiger partial charge in [0, 0.05) is 17.7 Å². The fourth-order valence-electron chi connectivity index (χ4n) is 1.08. The SMILES string of the molecule is COc1cc(F)c(C(Br)C(F)(F)F)c(F)c1. The molecule has 0 saturated heterocycles. The Morgan fingerprint density at radius 3 is 1.94 bits per heavy atom. The maximum atomic E-state index is 13.2. The van der Waals surface area contributed by atoms with E-state index in [0.29, 0.717) is 12.1 Å². The number of hydrogen-bond donors (Lipinski definition) is 0. The third kappa shape index (κ3) is 2.63. The second-order valence-corrected chi connectivity index (χ2v) is 3.82. The summed E-state index contributed by atoms with van der Waals surface area (Å²) in [7, 11) is 1.16. The zero-order chi connectivity index (χ0) is 12.5. The van der Waals surface area contributed by atoms with E-state index in [1.54, 1.807) is 0 Å². The van der Waals surface area contributed by atoms with Crippen LogP contribution in [-0.2, 0) is 0 Å². The van der Waals surface area contributed by atoms with Gasteiger partial charge in [0.1, 0.15) is 22.2 Å². The topological polar surface area (TPSA) is 9.23 Å². The first kappa shape index (κ1) is 13.2. The number of hydrogen-bond acceptors (Lipinski definition) is 1. The maximum Gasteiger partial charge on any atom is 0.405 e. The lowest BCUT2D eigenvalue weighted by atomic mass is 10.1. The molecule has 1 aromatic rings. The van der Waals surface area contributed by atoms with Crippen molar-refractivity contribution in [3.63, 3.8) is 0 Å². The van der Waals surface area contributed by atoms with Crippen molar-refractivity contribution in [1.29, 1.82) is 0 Å². The molecule has 1 rings (SSSR count). The van der Waals surface area contributed by atoms with Gasteiger partial charge in [0.05, 0.1) is 7.11 Å². The number of alkyl halides is 4. The zero-order valence-corrected chi connectivity index (χ0v) is 9.49. The molecule has 0 saturated carbocycles. The highest BCUT2D eigenvalue weighted by Crippen LogP contribution is 2.42. The van der Waals surface area contributed by atoms with E-state index in [9.17, 15) is 22.0 Å². The van der Waals surface area contributed by atoms with Gasteiger partial charge in [-0.15, -0.1) is 0 Å². The second-order valence-electron chi connectivity index (χ2n) is 2.91. The van der Waals surface area contributed by atoms with E-state index in [1.165, 1.54) is 0 Å². The molecule has 1 aromatic carbocycles. The van der Waals surface area contributed by atoms with Gasteiger partial charge in [-0.2, -0.15) is 13.2 Å². The van der Waals surface area contributed by atoms with Gasteiger partial charge in [-0.1, -0.05) is 15.9 Å². The highest BCUT2D eigenvalue weighted by Gasteiger charge is 2.42. The minimum atomic E-state index is -4.77. The Morgan fingerprint density at radius 2 is 1.62 bits per heavy atom. The average molecular weight is 305 g/mol. The lowest BCUT2D eigenvalue weighted by molar-refractivity contribution is -0.129. The molecule has 0 radical (unpaired) electrons. The van der Waals surface area contributed by atoms with Crippen molar-refractivity contribution in [2.24, 2.45) is 0 Å². The van der Waals surface area contributed by atoms with Gasteiger partial charge >= 0.3 is 6.18 Å². The van der Waals surface area contributed by atoms with Gasteiger partial charge in [-0.3, -0.25) is 0 Å². The van der Waals surface area contributed by atoms with Crippen LogP contribution in [0.15, 0.2) is 12.1 Å². The zero-order valence-electron chi connectivity index (χ0n) is 7.91. The molecule has 90 valence electrons. The van der Waals surface area contributed by atoms with Crippen molar-refractivity contribution in [1.82, 2.24) is 0 Å². The van der Waals surface area contributed by atoms with Crippen molar-refractivity contribution in [3.8, 4) is 5.75 Å². The van der Waals surface area contributed by atoms with Crippen LogP contribution < -0.4 is 4.74 Å². The van der Waals surface area contributed by atoms with E-state index in [1.807, 2.05) is 0 Å². The summed E-state index contributed by atoms with van der Waals surface area (Å²) in [6.07, 6.45) is -4.77. The highest BCUT2D eigenvalue weighted by molar-refractivity contribution is 9.09. The van der Waals surface area contributed by atoms with Crippen LogP contribution in [0.2, 0.25) is 0 Å². The van der Waals surface area contributed by atoms with Gasteiger partial charge < -0.3 is 4.74 Å². The Labute approximate surface area is 96.3 Å². The van der Waals surface area contributed by atoms with E-state index < -0.39 is 28.2 Å².